The van der Waals surface area contributed by atoms with Crippen molar-refractivity contribution < 1.29 is 14.3 Å². The van der Waals surface area contributed by atoms with Crippen molar-refractivity contribution in [2.75, 3.05) is 5.75 Å². The van der Waals surface area contributed by atoms with Gasteiger partial charge in [-0.3, -0.25) is 15.2 Å². The highest BCUT2D eigenvalue weighted by Gasteiger charge is 2.12. The lowest BCUT2D eigenvalue weighted by Crippen LogP contribution is -2.32. The number of carbonyl (C=O) groups excluding carboxylic acids is 2. The first-order valence-electron chi connectivity index (χ1n) is 7.82. The van der Waals surface area contributed by atoms with E-state index in [1.165, 1.54) is 0 Å². The van der Waals surface area contributed by atoms with Gasteiger partial charge in [0.05, 0.1) is 5.75 Å². The monoisotopic (exact) mass is 368 g/mol. The minimum atomic E-state index is -0.778. The number of imide groups is 1. The largest absolute Gasteiger partial charge is 0.444 e. The Kier molecular flexibility index (Phi) is 6.00. The molecule has 0 aliphatic rings. The molecule has 0 saturated heterocycles. The molecule has 0 spiro atoms. The minimum Gasteiger partial charge on any atom is -0.444 e. The second-order valence-electron chi connectivity index (χ2n) is 5.23. The van der Waals surface area contributed by atoms with E-state index in [1.807, 2.05) is 60.7 Å². The smallest absolute Gasteiger partial charge is 0.414 e. The van der Waals surface area contributed by atoms with Crippen LogP contribution in [-0.2, 0) is 16.1 Å². The van der Waals surface area contributed by atoms with Gasteiger partial charge in [-0.05, 0) is 5.56 Å². The number of amides is 2. The molecule has 2 N–H and O–H groups in total. The fourth-order valence-electron chi connectivity index (χ4n) is 2.08. The van der Waals surface area contributed by atoms with Gasteiger partial charge in [0.25, 0.3) is 0 Å². The normalized spacial score (nSPS) is 10.3. The number of carbonyl (C=O) groups is 2. The van der Waals surface area contributed by atoms with Gasteiger partial charge in [-0.1, -0.05) is 72.4 Å². The van der Waals surface area contributed by atoms with Gasteiger partial charge in [-0.15, -0.1) is 5.10 Å². The molecular formula is C18H16N4O3S. The minimum absolute atomic E-state index is 0.00647. The third-order valence-corrected chi connectivity index (χ3v) is 4.15. The van der Waals surface area contributed by atoms with E-state index in [0.29, 0.717) is 11.0 Å². The number of hydrogen-bond donors (Lipinski definition) is 2. The number of ether oxygens (including phenoxy) is 1. The van der Waals surface area contributed by atoms with Crippen molar-refractivity contribution in [3.05, 3.63) is 66.2 Å². The van der Waals surface area contributed by atoms with Gasteiger partial charge in [0.15, 0.2) is 5.82 Å². The summed E-state index contributed by atoms with van der Waals surface area (Å²) in [5, 5.41) is 9.47. The fourth-order valence-corrected chi connectivity index (χ4v) is 2.67. The molecule has 0 radical (unpaired) electrons. The van der Waals surface area contributed by atoms with E-state index < -0.39 is 12.0 Å². The number of benzene rings is 2. The molecule has 132 valence electrons. The maximum absolute atomic E-state index is 11.8. The number of nitrogens with zero attached hydrogens (tertiary/aromatic N) is 2. The number of nitrogens with one attached hydrogen (secondary N) is 2. The molecule has 0 saturated carbocycles. The van der Waals surface area contributed by atoms with E-state index in [-0.39, 0.29) is 12.4 Å². The Morgan fingerprint density at radius 1 is 1.04 bits per heavy atom. The lowest BCUT2D eigenvalue weighted by molar-refractivity contribution is -0.117. The lowest BCUT2D eigenvalue weighted by atomic mass is 10.2. The van der Waals surface area contributed by atoms with Gasteiger partial charge >= 0.3 is 6.09 Å². The number of alkyl carbamates (subject to hydrolysis) is 1. The summed E-state index contributed by atoms with van der Waals surface area (Å²) in [6.45, 7) is 0.106. The summed E-state index contributed by atoms with van der Waals surface area (Å²) >= 11 is 1.13. The summed E-state index contributed by atoms with van der Waals surface area (Å²) in [6, 6.07) is 18.8. The van der Waals surface area contributed by atoms with Crippen LogP contribution in [0.4, 0.5) is 4.79 Å². The molecule has 1 aromatic heterocycles. The fraction of sp³-hybridized carbons (Fsp3) is 0.111. The maximum Gasteiger partial charge on any atom is 0.414 e. The molecule has 0 bridgehead atoms. The van der Waals surface area contributed by atoms with E-state index in [2.05, 4.69) is 20.5 Å². The van der Waals surface area contributed by atoms with Crippen LogP contribution in [0.25, 0.3) is 11.4 Å². The summed E-state index contributed by atoms with van der Waals surface area (Å²) in [5.74, 6) is 0.155. The molecule has 0 atom stereocenters. The van der Waals surface area contributed by atoms with Gasteiger partial charge in [-0.25, -0.2) is 9.78 Å². The number of aromatic amines is 1. The molecule has 2 aromatic carbocycles. The van der Waals surface area contributed by atoms with Crippen LogP contribution in [0.15, 0.2) is 65.8 Å². The van der Waals surface area contributed by atoms with Crippen molar-refractivity contribution in [2.45, 2.75) is 11.8 Å². The molecular weight excluding hydrogens is 352 g/mol. The first-order chi connectivity index (χ1) is 12.7. The lowest BCUT2D eigenvalue weighted by Gasteiger charge is -2.05. The Labute approximate surface area is 154 Å². The Balaban J connectivity index is 1.42. The van der Waals surface area contributed by atoms with Crippen LogP contribution in [-0.4, -0.2) is 32.9 Å². The van der Waals surface area contributed by atoms with Crippen molar-refractivity contribution in [3.8, 4) is 11.4 Å². The second-order valence-corrected chi connectivity index (χ2v) is 6.17. The highest BCUT2D eigenvalue weighted by molar-refractivity contribution is 7.99. The summed E-state index contributed by atoms with van der Waals surface area (Å²) in [7, 11) is 0. The van der Waals surface area contributed by atoms with Crippen molar-refractivity contribution in [3.63, 3.8) is 0 Å². The van der Waals surface area contributed by atoms with Crippen LogP contribution in [0, 0.1) is 0 Å². The highest BCUT2D eigenvalue weighted by Crippen LogP contribution is 2.18. The van der Waals surface area contributed by atoms with E-state index in [1.54, 1.807) is 0 Å². The zero-order chi connectivity index (χ0) is 18.2. The number of aromatic nitrogens is 3. The molecule has 26 heavy (non-hydrogen) atoms. The van der Waals surface area contributed by atoms with Gasteiger partial charge < -0.3 is 4.74 Å². The van der Waals surface area contributed by atoms with E-state index in [4.69, 9.17) is 4.74 Å². The third-order valence-electron chi connectivity index (χ3n) is 3.30. The summed E-state index contributed by atoms with van der Waals surface area (Å²) in [5.41, 5.74) is 1.75. The molecule has 0 unspecified atom stereocenters. The second kappa shape index (κ2) is 8.82. The van der Waals surface area contributed by atoms with Crippen LogP contribution < -0.4 is 5.32 Å². The van der Waals surface area contributed by atoms with Crippen molar-refractivity contribution in [2.24, 2.45) is 0 Å². The van der Waals surface area contributed by atoms with Crippen molar-refractivity contribution >= 4 is 23.8 Å². The van der Waals surface area contributed by atoms with Gasteiger partial charge in [0.1, 0.15) is 6.61 Å². The molecule has 0 fully saturated rings. The third kappa shape index (κ3) is 5.18. The Hall–Kier alpha value is -3.13. The van der Waals surface area contributed by atoms with E-state index >= 15 is 0 Å². The average molecular weight is 368 g/mol. The Bertz CT molecular complexity index is 868. The summed E-state index contributed by atoms with van der Waals surface area (Å²) in [4.78, 5) is 27.8. The van der Waals surface area contributed by atoms with Crippen LogP contribution in [0.1, 0.15) is 5.56 Å². The molecule has 8 heteroatoms. The molecule has 2 amide bonds. The summed E-state index contributed by atoms with van der Waals surface area (Å²) < 4.78 is 5.00. The number of hydrogen-bond acceptors (Lipinski definition) is 6. The number of H-pyrrole nitrogens is 1. The number of thioether (sulfide) groups is 1. The predicted octanol–water partition coefficient (Wildman–Crippen LogP) is 3.02. The zero-order valence-electron chi connectivity index (χ0n) is 13.7. The molecule has 1 heterocycles. The van der Waals surface area contributed by atoms with E-state index in [0.717, 1.165) is 22.9 Å². The van der Waals surface area contributed by atoms with Crippen molar-refractivity contribution in [1.29, 1.82) is 0 Å². The van der Waals surface area contributed by atoms with Crippen LogP contribution in [0.2, 0.25) is 0 Å². The highest BCUT2D eigenvalue weighted by atomic mass is 32.2. The Morgan fingerprint density at radius 3 is 2.46 bits per heavy atom. The van der Waals surface area contributed by atoms with Crippen LogP contribution in [0.3, 0.4) is 0 Å². The van der Waals surface area contributed by atoms with Gasteiger partial charge in [0, 0.05) is 5.56 Å². The van der Waals surface area contributed by atoms with Gasteiger partial charge in [-0.2, -0.15) is 0 Å². The topological polar surface area (TPSA) is 97.0 Å². The molecule has 0 aliphatic heterocycles. The molecule has 3 aromatic rings. The first-order valence-corrected chi connectivity index (χ1v) is 8.80. The molecule has 3 rings (SSSR count). The average Bonchev–Trinajstić information content (AvgIpc) is 3.15. The van der Waals surface area contributed by atoms with E-state index in [9.17, 15) is 9.59 Å². The SMILES string of the molecule is O=C(CSc1n[nH]c(-c2ccccc2)n1)NC(=O)OCc1ccccc1. The first kappa shape index (κ1) is 17.7. The summed E-state index contributed by atoms with van der Waals surface area (Å²) in [6.07, 6.45) is -0.778. The van der Waals surface area contributed by atoms with Crippen molar-refractivity contribution in [1.82, 2.24) is 20.5 Å². The zero-order valence-corrected chi connectivity index (χ0v) is 14.5. The predicted molar refractivity (Wildman–Crippen MR) is 97.3 cm³/mol. The molecule has 0 aliphatic carbocycles. The standard InChI is InChI=1S/C18H16N4O3S/c23-15(19-18(24)25-11-13-7-3-1-4-8-13)12-26-17-20-16(21-22-17)14-9-5-2-6-10-14/h1-10H,11-12H2,(H,19,23,24)(H,20,21,22). The van der Waals surface area contributed by atoms with Crippen LogP contribution >= 0.6 is 11.8 Å². The molecule has 7 nitrogen and oxygen atoms in total. The maximum atomic E-state index is 11.8. The van der Waals surface area contributed by atoms with Crippen LogP contribution in [0.5, 0.6) is 0 Å². The van der Waals surface area contributed by atoms with Gasteiger partial charge in [0.2, 0.25) is 11.1 Å². The quantitative estimate of drug-likeness (QED) is 0.649. The Morgan fingerprint density at radius 2 is 1.73 bits per heavy atom. The number of rotatable bonds is 6.